The van der Waals surface area contributed by atoms with Crippen molar-refractivity contribution in [3.8, 4) is 0 Å². The average molecular weight is 251 g/mol. The van der Waals surface area contributed by atoms with Crippen molar-refractivity contribution >= 4 is 16.4 Å². The molecule has 0 radical (unpaired) electrons. The summed E-state index contributed by atoms with van der Waals surface area (Å²) in [5.74, 6) is 0. The smallest absolute Gasteiger partial charge is 0.425 e. The van der Waals surface area contributed by atoms with Crippen LogP contribution >= 0.6 is 0 Å². The van der Waals surface area contributed by atoms with Crippen molar-refractivity contribution in [1.29, 1.82) is 0 Å². The van der Waals surface area contributed by atoms with Crippen LogP contribution < -0.4 is 0 Å². The third-order valence-electron chi connectivity index (χ3n) is 1.89. The molecule has 1 aliphatic heterocycles. The van der Waals surface area contributed by atoms with E-state index in [1.165, 1.54) is 0 Å². The van der Waals surface area contributed by atoms with Crippen LogP contribution in [0.5, 0.6) is 0 Å². The first kappa shape index (κ1) is 13.2. The molecule has 0 saturated carbocycles. The Balaban J connectivity index is 2.77. The molecule has 0 unspecified atom stereocenters. The van der Waals surface area contributed by atoms with Crippen LogP contribution in [0, 0.1) is 0 Å². The Morgan fingerprint density at radius 1 is 1.44 bits per heavy atom. The van der Waals surface area contributed by atoms with Crippen molar-refractivity contribution in [3.05, 3.63) is 0 Å². The van der Waals surface area contributed by atoms with E-state index >= 15 is 0 Å². The van der Waals surface area contributed by atoms with Crippen LogP contribution in [-0.4, -0.2) is 37.1 Å². The van der Waals surface area contributed by atoms with Gasteiger partial charge in [0.1, 0.15) is 5.60 Å². The van der Waals surface area contributed by atoms with Crippen LogP contribution in [0.3, 0.4) is 0 Å². The van der Waals surface area contributed by atoms with Gasteiger partial charge >= 0.3 is 16.4 Å². The van der Waals surface area contributed by atoms with Crippen molar-refractivity contribution in [2.24, 2.45) is 0 Å². The highest BCUT2D eigenvalue weighted by Crippen LogP contribution is 2.20. The number of hydrogen-bond donors (Lipinski definition) is 0. The van der Waals surface area contributed by atoms with Gasteiger partial charge in [-0.15, -0.1) is 0 Å². The maximum absolute atomic E-state index is 11.6. The second kappa shape index (κ2) is 4.21. The van der Waals surface area contributed by atoms with E-state index in [2.05, 4.69) is 0 Å². The summed E-state index contributed by atoms with van der Waals surface area (Å²) >= 11 is 0. The summed E-state index contributed by atoms with van der Waals surface area (Å²) in [6, 6.07) is 0. The zero-order valence-electron chi connectivity index (χ0n) is 9.89. The van der Waals surface area contributed by atoms with Crippen molar-refractivity contribution in [1.82, 2.24) is 4.31 Å². The van der Waals surface area contributed by atoms with E-state index in [4.69, 9.17) is 8.92 Å². The van der Waals surface area contributed by atoms with Crippen LogP contribution in [0.4, 0.5) is 4.79 Å². The number of amides is 1. The summed E-state index contributed by atoms with van der Waals surface area (Å²) in [7, 11) is -3.99. The molecule has 1 amide bonds. The molecule has 1 saturated heterocycles. The van der Waals surface area contributed by atoms with Gasteiger partial charge in [0, 0.05) is 6.54 Å². The lowest BCUT2D eigenvalue weighted by Crippen LogP contribution is -2.47. The van der Waals surface area contributed by atoms with Gasteiger partial charge in [0.15, 0.2) is 0 Å². The molecule has 1 atom stereocenters. The van der Waals surface area contributed by atoms with E-state index < -0.39 is 28.1 Å². The summed E-state index contributed by atoms with van der Waals surface area (Å²) in [6.07, 6.45) is -0.818. The Labute approximate surface area is 95.8 Å². The van der Waals surface area contributed by atoms with Crippen LogP contribution in [0.15, 0.2) is 0 Å². The van der Waals surface area contributed by atoms with Gasteiger partial charge in [0.2, 0.25) is 0 Å². The molecule has 6 nitrogen and oxygen atoms in total. The fraction of sp³-hybridized carbons (Fsp3) is 0.889. The van der Waals surface area contributed by atoms with Crippen LogP contribution in [0.2, 0.25) is 0 Å². The maximum atomic E-state index is 11.6. The topological polar surface area (TPSA) is 72.9 Å². The predicted octanol–water partition coefficient (Wildman–Crippen LogP) is 1.28. The molecule has 0 bridgehead atoms. The monoisotopic (exact) mass is 251 g/mol. The van der Waals surface area contributed by atoms with Gasteiger partial charge in [0.25, 0.3) is 0 Å². The predicted molar refractivity (Wildman–Crippen MR) is 57.0 cm³/mol. The first-order chi connectivity index (χ1) is 7.12. The summed E-state index contributed by atoms with van der Waals surface area (Å²) in [5, 5.41) is 0. The summed E-state index contributed by atoms with van der Waals surface area (Å²) in [6.45, 7) is 6.75. The molecular weight excluding hydrogens is 234 g/mol. The van der Waals surface area contributed by atoms with Gasteiger partial charge in [0.05, 0.1) is 6.10 Å². The van der Waals surface area contributed by atoms with Gasteiger partial charge in [-0.3, -0.25) is 4.18 Å². The number of carbonyl (C=O) groups excluding carboxylic acids is 1. The highest BCUT2D eigenvalue weighted by atomic mass is 32.2. The Morgan fingerprint density at radius 2 is 2.00 bits per heavy atom. The SMILES string of the molecule is C[C@@H]1CCN(C(=O)OC(C)(C)C)S(=O)(=O)O1. The molecule has 94 valence electrons. The molecule has 0 aromatic carbocycles. The van der Waals surface area contributed by atoms with Gasteiger partial charge in [-0.05, 0) is 34.1 Å². The minimum Gasteiger partial charge on any atom is -0.443 e. The lowest BCUT2D eigenvalue weighted by Gasteiger charge is -2.31. The lowest BCUT2D eigenvalue weighted by atomic mass is 10.2. The zero-order valence-corrected chi connectivity index (χ0v) is 10.7. The molecule has 0 aromatic rings. The second-order valence-electron chi connectivity index (χ2n) is 4.71. The minimum atomic E-state index is -3.99. The first-order valence-corrected chi connectivity index (χ1v) is 6.42. The Kier molecular flexibility index (Phi) is 3.49. The molecule has 1 fully saturated rings. The standard InChI is InChI=1S/C9H17NO5S/c1-7-5-6-10(16(12,13)15-7)8(11)14-9(2,3)4/h7H,5-6H2,1-4H3/t7-/m1/s1. The fourth-order valence-corrected chi connectivity index (χ4v) is 2.38. The van der Waals surface area contributed by atoms with Crippen molar-refractivity contribution < 1.29 is 22.1 Å². The quantitative estimate of drug-likeness (QED) is 0.648. The Morgan fingerprint density at radius 3 is 2.44 bits per heavy atom. The third kappa shape index (κ3) is 3.34. The molecule has 16 heavy (non-hydrogen) atoms. The maximum Gasteiger partial charge on any atom is 0.425 e. The molecule has 0 N–H and O–H groups in total. The van der Waals surface area contributed by atoms with E-state index in [0.29, 0.717) is 10.7 Å². The second-order valence-corrected chi connectivity index (χ2v) is 6.19. The zero-order chi connectivity index (χ0) is 12.6. The minimum absolute atomic E-state index is 0.0956. The molecule has 1 heterocycles. The van der Waals surface area contributed by atoms with Crippen LogP contribution in [0.25, 0.3) is 0 Å². The average Bonchev–Trinajstić information content (AvgIpc) is 1.97. The largest absolute Gasteiger partial charge is 0.443 e. The van der Waals surface area contributed by atoms with Gasteiger partial charge in [-0.25, -0.2) is 4.79 Å². The molecule has 0 spiro atoms. The number of carbonyl (C=O) groups is 1. The van der Waals surface area contributed by atoms with Crippen molar-refractivity contribution in [2.45, 2.75) is 45.8 Å². The number of hydrogen-bond acceptors (Lipinski definition) is 5. The molecule has 0 aromatic heterocycles. The Bertz CT molecular complexity index is 370. The Hall–Kier alpha value is -0.820. The van der Waals surface area contributed by atoms with Crippen LogP contribution in [-0.2, 0) is 19.2 Å². The van der Waals surface area contributed by atoms with E-state index in [1.54, 1.807) is 27.7 Å². The van der Waals surface area contributed by atoms with Gasteiger partial charge in [-0.1, -0.05) is 0 Å². The number of nitrogens with zero attached hydrogens (tertiary/aromatic N) is 1. The third-order valence-corrected chi connectivity index (χ3v) is 3.33. The number of ether oxygens (including phenoxy) is 1. The normalized spacial score (nSPS) is 25.2. The van der Waals surface area contributed by atoms with E-state index in [9.17, 15) is 13.2 Å². The van der Waals surface area contributed by atoms with E-state index in [0.717, 1.165) is 0 Å². The summed E-state index contributed by atoms with van der Waals surface area (Å²) in [4.78, 5) is 11.6. The molecule has 1 aliphatic rings. The molecule has 0 aliphatic carbocycles. The highest BCUT2D eigenvalue weighted by molar-refractivity contribution is 7.84. The van der Waals surface area contributed by atoms with E-state index in [-0.39, 0.29) is 6.54 Å². The molecule has 1 rings (SSSR count). The summed E-state index contributed by atoms with van der Waals surface area (Å²) < 4.78 is 33.4. The lowest BCUT2D eigenvalue weighted by molar-refractivity contribution is 0.0304. The van der Waals surface area contributed by atoms with Crippen LogP contribution in [0.1, 0.15) is 34.1 Å². The highest BCUT2D eigenvalue weighted by Gasteiger charge is 2.37. The van der Waals surface area contributed by atoms with Crippen molar-refractivity contribution in [3.63, 3.8) is 0 Å². The molecular formula is C9H17NO5S. The summed E-state index contributed by atoms with van der Waals surface area (Å²) in [5.41, 5.74) is -0.727. The van der Waals surface area contributed by atoms with Gasteiger partial charge < -0.3 is 4.74 Å². The first-order valence-electron chi connectivity index (χ1n) is 5.06. The van der Waals surface area contributed by atoms with E-state index in [1.807, 2.05) is 0 Å². The molecule has 7 heteroatoms. The number of rotatable bonds is 0. The fourth-order valence-electron chi connectivity index (χ4n) is 1.21. The van der Waals surface area contributed by atoms with Gasteiger partial charge in [-0.2, -0.15) is 12.7 Å². The van der Waals surface area contributed by atoms with Crippen molar-refractivity contribution in [2.75, 3.05) is 6.54 Å².